The van der Waals surface area contributed by atoms with Gasteiger partial charge in [-0.05, 0) is 141 Å². The molecule has 0 bridgehead atoms. The van der Waals surface area contributed by atoms with Crippen LogP contribution in [0.4, 0.5) is 17.1 Å². The van der Waals surface area contributed by atoms with E-state index in [2.05, 4.69) is 77.8 Å². The van der Waals surface area contributed by atoms with Gasteiger partial charge in [0.1, 0.15) is 35.5 Å². The third-order valence-electron chi connectivity index (χ3n) is 16.7. The number of imide groups is 2. The van der Waals surface area contributed by atoms with Crippen molar-refractivity contribution in [2.24, 2.45) is 11.3 Å². The number of pyridine rings is 1. The SMILES string of the molecule is CC1(C)CCC(CN2CCN(c3ccc(C(=O)NS(=O)(=O)c4ccc(NCC5CCN(CCOCC#Cc6ccc7c(c6)C(=O)N(C6CCC(=O)NC6=O)C7=O)CC5)c([N+](=O)[O-])c4)c(Oc4cnc5[nH]ccc5c4)c3)CC2)=C(c2ccc(Cl)cc2)C1. The van der Waals surface area contributed by atoms with E-state index in [0.717, 1.165) is 86.9 Å². The number of hydrogen-bond acceptors (Lipinski definition) is 16. The van der Waals surface area contributed by atoms with Crippen molar-refractivity contribution in [3.8, 4) is 23.3 Å². The molecule has 5 aliphatic rings. The third-order valence-corrected chi connectivity index (χ3v) is 18.3. The Morgan fingerprint density at radius 2 is 1.66 bits per heavy atom. The Bertz CT molecular complexity index is 3880. The molecule has 4 aromatic carbocycles. The van der Waals surface area contributed by atoms with E-state index >= 15 is 0 Å². The number of carbonyl (C=O) groups is 5. The smallest absolute Gasteiger partial charge is 0.293 e. The number of nitrogens with one attached hydrogen (secondary N) is 4. The molecule has 0 saturated carbocycles. The van der Waals surface area contributed by atoms with Crippen molar-refractivity contribution in [1.29, 1.82) is 0 Å². The van der Waals surface area contributed by atoms with E-state index < -0.39 is 61.1 Å². The maximum absolute atomic E-state index is 14.1. The summed E-state index contributed by atoms with van der Waals surface area (Å²) in [6.45, 7) is 11.6. The lowest BCUT2D eigenvalue weighted by molar-refractivity contribution is -0.384. The van der Waals surface area contributed by atoms with E-state index in [0.29, 0.717) is 54.8 Å². The lowest BCUT2D eigenvalue weighted by Crippen LogP contribution is -2.54. The lowest BCUT2D eigenvalue weighted by atomic mass is 9.72. The average molecular weight is 1210 g/mol. The van der Waals surface area contributed by atoms with Gasteiger partial charge in [0, 0.05) is 92.2 Å². The molecule has 1 atom stereocenters. The van der Waals surface area contributed by atoms with Gasteiger partial charge in [-0.3, -0.25) is 49.2 Å². The molecule has 3 saturated heterocycles. The molecule has 6 heterocycles. The van der Waals surface area contributed by atoms with Crippen LogP contribution in [0.25, 0.3) is 16.6 Å². The van der Waals surface area contributed by atoms with Gasteiger partial charge in [-0.15, -0.1) is 0 Å². The number of fused-ring (bicyclic) bond motifs is 2. The van der Waals surface area contributed by atoms with Crippen molar-refractivity contribution in [3.05, 3.63) is 152 Å². The molecular weight excluding hydrogens is 1140 g/mol. The number of aromatic amines is 1. The van der Waals surface area contributed by atoms with E-state index in [4.69, 9.17) is 21.1 Å². The number of nitrogens with zero attached hydrogens (tertiary/aromatic N) is 6. The number of piperazine rings is 1. The molecule has 5 amide bonds. The van der Waals surface area contributed by atoms with Gasteiger partial charge in [0.05, 0.1) is 39.3 Å². The number of nitro benzene ring substituents is 1. The molecule has 23 heteroatoms. The monoisotopic (exact) mass is 1200 g/mol. The molecule has 2 aromatic heterocycles. The fourth-order valence-corrected chi connectivity index (χ4v) is 13.0. The number of piperidine rings is 2. The maximum atomic E-state index is 14.1. The molecule has 0 radical (unpaired) electrons. The number of nitro groups is 1. The van der Waals surface area contributed by atoms with Crippen LogP contribution in [0.15, 0.2) is 114 Å². The average Bonchev–Trinajstić information content (AvgIpc) is 2.20. The number of H-pyrrole nitrogens is 1. The number of anilines is 2. The van der Waals surface area contributed by atoms with Gasteiger partial charge in [0.15, 0.2) is 0 Å². The zero-order valence-corrected chi connectivity index (χ0v) is 49.2. The highest BCUT2D eigenvalue weighted by Gasteiger charge is 2.45. The molecule has 446 valence electrons. The fourth-order valence-electron chi connectivity index (χ4n) is 11.9. The topological polar surface area (TPSA) is 259 Å². The molecule has 1 unspecified atom stereocenters. The van der Waals surface area contributed by atoms with Gasteiger partial charge in [-0.2, -0.15) is 0 Å². The quantitative estimate of drug-likeness (QED) is 0.0207. The Kier molecular flexibility index (Phi) is 17.4. The van der Waals surface area contributed by atoms with Crippen molar-refractivity contribution in [2.45, 2.75) is 69.7 Å². The molecule has 0 spiro atoms. The summed E-state index contributed by atoms with van der Waals surface area (Å²) in [7, 11) is -4.64. The number of hydrogen-bond donors (Lipinski definition) is 4. The van der Waals surface area contributed by atoms with Crippen molar-refractivity contribution >= 4 is 84.8 Å². The summed E-state index contributed by atoms with van der Waals surface area (Å²) in [6, 6.07) is 23.9. The molecule has 6 aromatic rings. The van der Waals surface area contributed by atoms with Crippen molar-refractivity contribution in [2.75, 3.05) is 82.3 Å². The molecule has 86 heavy (non-hydrogen) atoms. The molecule has 4 aliphatic heterocycles. The number of ether oxygens (including phenoxy) is 2. The second kappa shape index (κ2) is 25.2. The minimum Gasteiger partial charge on any atom is -0.455 e. The Hall–Kier alpha value is -8.46. The summed E-state index contributed by atoms with van der Waals surface area (Å²) in [4.78, 5) is 91.0. The van der Waals surface area contributed by atoms with E-state index in [9.17, 15) is 42.5 Å². The van der Waals surface area contributed by atoms with Crippen LogP contribution in [0.1, 0.15) is 101 Å². The Morgan fingerprint density at radius 1 is 0.884 bits per heavy atom. The zero-order chi connectivity index (χ0) is 60.3. The minimum absolute atomic E-state index is 0.0321. The number of carbonyl (C=O) groups excluding carboxylic acids is 5. The summed E-state index contributed by atoms with van der Waals surface area (Å²) < 4.78 is 42.2. The number of amides is 5. The molecular formula is C63H65ClN10O11S. The number of aromatic nitrogens is 2. The highest BCUT2D eigenvalue weighted by Crippen LogP contribution is 2.44. The Labute approximate surface area is 502 Å². The fraction of sp³-hybridized carbons (Fsp3) is 0.365. The number of benzene rings is 4. The first-order valence-electron chi connectivity index (χ1n) is 28.8. The van der Waals surface area contributed by atoms with Gasteiger partial charge in [0.2, 0.25) is 11.8 Å². The zero-order valence-electron chi connectivity index (χ0n) is 47.7. The van der Waals surface area contributed by atoms with Crippen LogP contribution in [0.2, 0.25) is 5.02 Å². The normalized spacial score (nSPS) is 18.6. The van der Waals surface area contributed by atoms with Crippen molar-refractivity contribution < 1.29 is 46.8 Å². The Balaban J connectivity index is 0.674. The standard InChI is InChI=1S/C63H65ClN10O11S/c1-63(2)21-17-44(52(36-63)42-6-8-45(64)9-7-42)39-71-25-27-72(28-26-71)46-10-13-50(56(34-46)85-47-33-43-18-22-65-58(43)67-38-47)59(76)69-86(82,83)48-11-14-53(55(35-48)74(80)81)66-37-41-19-23-70(24-20-41)29-31-84-30-3-4-40-5-12-49-51(32-40)62(79)73(61(49)78)54-15-16-57(75)68-60(54)77/h5-14,18,22,32-35,38,41,54,66H,15-17,19-21,23-31,36-37,39H2,1-2H3,(H,65,67)(H,69,76)(H,68,75,77). The summed E-state index contributed by atoms with van der Waals surface area (Å²) in [5.41, 5.74) is 6.12. The maximum Gasteiger partial charge on any atom is 0.293 e. The first-order chi connectivity index (χ1) is 41.3. The van der Waals surface area contributed by atoms with Crippen LogP contribution in [-0.2, 0) is 24.3 Å². The van der Waals surface area contributed by atoms with Crippen LogP contribution in [0, 0.1) is 33.3 Å². The van der Waals surface area contributed by atoms with Crippen LogP contribution < -0.4 is 25.0 Å². The second-order valence-corrected chi connectivity index (χ2v) is 25.3. The number of halogens is 1. The molecule has 1 aliphatic carbocycles. The van der Waals surface area contributed by atoms with Crippen LogP contribution in [-0.4, -0.2) is 146 Å². The molecule has 3 fully saturated rings. The minimum atomic E-state index is -4.64. The van der Waals surface area contributed by atoms with Gasteiger partial charge in [0.25, 0.3) is 33.4 Å². The molecule has 4 N–H and O–H groups in total. The first kappa shape index (κ1) is 59.3. The lowest BCUT2D eigenvalue weighted by Gasteiger charge is -2.39. The number of likely N-dealkylation sites (tertiary alicyclic amines) is 1. The largest absolute Gasteiger partial charge is 0.455 e. The van der Waals surface area contributed by atoms with Crippen LogP contribution in [0.3, 0.4) is 0 Å². The number of rotatable bonds is 18. The van der Waals surface area contributed by atoms with Gasteiger partial charge >= 0.3 is 0 Å². The van der Waals surface area contributed by atoms with Crippen molar-refractivity contribution in [1.82, 2.24) is 34.7 Å². The summed E-state index contributed by atoms with van der Waals surface area (Å²) >= 11 is 6.27. The van der Waals surface area contributed by atoms with Crippen molar-refractivity contribution in [3.63, 3.8) is 0 Å². The van der Waals surface area contributed by atoms with Gasteiger partial charge < -0.3 is 29.6 Å². The van der Waals surface area contributed by atoms with Gasteiger partial charge in [-0.1, -0.05) is 55.0 Å². The molecule has 21 nitrogen and oxygen atoms in total. The predicted octanol–water partition coefficient (Wildman–Crippen LogP) is 8.41. The van der Waals surface area contributed by atoms with Crippen LogP contribution >= 0.6 is 11.6 Å². The predicted molar refractivity (Wildman–Crippen MR) is 323 cm³/mol. The van der Waals surface area contributed by atoms with E-state index in [-0.39, 0.29) is 58.9 Å². The van der Waals surface area contributed by atoms with E-state index in [1.165, 1.54) is 53.2 Å². The third kappa shape index (κ3) is 13.5. The Morgan fingerprint density at radius 3 is 2.43 bits per heavy atom. The number of allylic oxidation sites excluding steroid dienone is 1. The highest BCUT2D eigenvalue weighted by molar-refractivity contribution is 7.90. The van der Waals surface area contributed by atoms with Crippen LogP contribution in [0.5, 0.6) is 11.5 Å². The molecule has 11 rings (SSSR count). The van der Waals surface area contributed by atoms with Gasteiger partial charge in [-0.25, -0.2) is 18.1 Å². The highest BCUT2D eigenvalue weighted by atomic mass is 35.5. The summed E-state index contributed by atoms with van der Waals surface area (Å²) in [5, 5.41) is 19.3. The number of sulfonamides is 1. The summed E-state index contributed by atoms with van der Waals surface area (Å²) in [6.07, 6.45) is 8.09. The first-order valence-corrected chi connectivity index (χ1v) is 30.6. The van der Waals surface area contributed by atoms with E-state index in [1.54, 1.807) is 30.5 Å². The van der Waals surface area contributed by atoms with E-state index in [1.807, 2.05) is 18.2 Å². The summed E-state index contributed by atoms with van der Waals surface area (Å²) in [5.74, 6) is 3.20. The second-order valence-electron chi connectivity index (χ2n) is 23.2.